The molecule has 1 unspecified atom stereocenters. The molecule has 0 bridgehead atoms. The summed E-state index contributed by atoms with van der Waals surface area (Å²) in [5.41, 5.74) is -0.0794. The number of anilines is 1. The van der Waals surface area contributed by atoms with Gasteiger partial charge in [-0.1, -0.05) is 6.07 Å². The molecule has 1 aromatic carbocycles. The van der Waals surface area contributed by atoms with E-state index < -0.39 is 17.6 Å². The second-order valence-electron chi connectivity index (χ2n) is 5.76. The van der Waals surface area contributed by atoms with Crippen LogP contribution in [-0.2, 0) is 14.3 Å². The Kier molecular flexibility index (Phi) is 5.30. The van der Waals surface area contributed by atoms with Gasteiger partial charge in [0.1, 0.15) is 29.6 Å². The van der Waals surface area contributed by atoms with E-state index in [1.165, 1.54) is 12.1 Å². The van der Waals surface area contributed by atoms with Crippen LogP contribution in [0.5, 0.6) is 5.75 Å². The first-order chi connectivity index (χ1) is 12.1. The van der Waals surface area contributed by atoms with Crippen molar-refractivity contribution in [2.24, 2.45) is 0 Å². The zero-order chi connectivity index (χ0) is 17.8. The average molecular weight is 350 g/mol. The second kappa shape index (κ2) is 7.62. The Morgan fingerprint density at radius 3 is 2.96 bits per heavy atom. The number of amides is 2. The SMILES string of the molecule is O=C1C=C(Nc2c(F)cccc2OCC2CCCO2)C(=O)N1CCO. The molecular weight excluding hydrogens is 331 g/mol. The lowest BCUT2D eigenvalue weighted by atomic mass is 10.2. The summed E-state index contributed by atoms with van der Waals surface area (Å²) < 4.78 is 25.3. The lowest BCUT2D eigenvalue weighted by Crippen LogP contribution is -2.34. The largest absolute Gasteiger partial charge is 0.489 e. The van der Waals surface area contributed by atoms with Crippen molar-refractivity contribution in [1.82, 2.24) is 4.90 Å². The average Bonchev–Trinajstić information content (AvgIpc) is 3.20. The molecule has 8 heteroatoms. The van der Waals surface area contributed by atoms with Crippen molar-refractivity contribution < 1.29 is 28.6 Å². The Labute approximate surface area is 144 Å². The number of aliphatic hydroxyl groups is 1. The molecule has 25 heavy (non-hydrogen) atoms. The fraction of sp³-hybridized carbons (Fsp3) is 0.412. The van der Waals surface area contributed by atoms with Gasteiger partial charge in [-0.15, -0.1) is 0 Å². The summed E-state index contributed by atoms with van der Waals surface area (Å²) in [6.07, 6.45) is 2.89. The summed E-state index contributed by atoms with van der Waals surface area (Å²) in [6, 6.07) is 4.31. The van der Waals surface area contributed by atoms with E-state index in [0.29, 0.717) is 6.61 Å². The molecule has 7 nitrogen and oxygen atoms in total. The monoisotopic (exact) mass is 350 g/mol. The minimum Gasteiger partial charge on any atom is -0.489 e. The van der Waals surface area contributed by atoms with Gasteiger partial charge < -0.3 is 19.9 Å². The van der Waals surface area contributed by atoms with Gasteiger partial charge in [-0.25, -0.2) is 4.39 Å². The maximum absolute atomic E-state index is 14.2. The van der Waals surface area contributed by atoms with Crippen molar-refractivity contribution in [1.29, 1.82) is 0 Å². The predicted molar refractivity (Wildman–Crippen MR) is 86.4 cm³/mol. The smallest absolute Gasteiger partial charge is 0.277 e. The lowest BCUT2D eigenvalue weighted by molar-refractivity contribution is -0.137. The second-order valence-corrected chi connectivity index (χ2v) is 5.76. The van der Waals surface area contributed by atoms with E-state index in [1.54, 1.807) is 6.07 Å². The Morgan fingerprint density at radius 1 is 1.40 bits per heavy atom. The fourth-order valence-corrected chi connectivity index (χ4v) is 2.75. The topological polar surface area (TPSA) is 88.1 Å². The van der Waals surface area contributed by atoms with Gasteiger partial charge >= 0.3 is 0 Å². The maximum Gasteiger partial charge on any atom is 0.277 e. The van der Waals surface area contributed by atoms with E-state index in [-0.39, 0.29) is 43.0 Å². The summed E-state index contributed by atoms with van der Waals surface area (Å²) in [6.45, 7) is 0.514. The number of halogens is 1. The number of rotatable bonds is 7. The van der Waals surface area contributed by atoms with Crippen LogP contribution in [0.25, 0.3) is 0 Å². The van der Waals surface area contributed by atoms with Gasteiger partial charge in [0.05, 0.1) is 19.3 Å². The highest BCUT2D eigenvalue weighted by Gasteiger charge is 2.31. The van der Waals surface area contributed by atoms with E-state index in [1.807, 2.05) is 0 Å². The van der Waals surface area contributed by atoms with E-state index >= 15 is 0 Å². The van der Waals surface area contributed by atoms with Crippen molar-refractivity contribution in [3.8, 4) is 5.75 Å². The van der Waals surface area contributed by atoms with Crippen LogP contribution in [-0.4, -0.2) is 54.3 Å². The normalized spacial score (nSPS) is 20.2. The molecule has 1 aromatic rings. The van der Waals surface area contributed by atoms with Crippen LogP contribution in [0, 0.1) is 5.82 Å². The first-order valence-corrected chi connectivity index (χ1v) is 8.08. The van der Waals surface area contributed by atoms with E-state index in [9.17, 15) is 14.0 Å². The number of β-amino-alcohol motifs (C(OH)–C–C–N with tert-alkyl or cyclic N) is 1. The van der Waals surface area contributed by atoms with Gasteiger partial charge in [-0.2, -0.15) is 0 Å². The predicted octanol–water partition coefficient (Wildman–Crippen LogP) is 1.04. The molecule has 1 fully saturated rings. The number of nitrogens with one attached hydrogen (secondary N) is 1. The van der Waals surface area contributed by atoms with E-state index in [2.05, 4.69) is 5.32 Å². The summed E-state index contributed by atoms with van der Waals surface area (Å²) in [7, 11) is 0. The number of nitrogens with zero attached hydrogens (tertiary/aromatic N) is 1. The van der Waals surface area contributed by atoms with Crippen molar-refractivity contribution in [2.45, 2.75) is 18.9 Å². The third-order valence-electron chi connectivity index (χ3n) is 4.02. The number of hydrogen-bond donors (Lipinski definition) is 2. The number of ether oxygens (including phenoxy) is 2. The molecule has 0 radical (unpaired) electrons. The number of imide groups is 1. The maximum atomic E-state index is 14.2. The molecule has 0 aliphatic carbocycles. The molecule has 2 aliphatic heterocycles. The van der Waals surface area contributed by atoms with Crippen LogP contribution < -0.4 is 10.1 Å². The Balaban J connectivity index is 1.74. The van der Waals surface area contributed by atoms with Gasteiger partial charge in [0.15, 0.2) is 0 Å². The minimum atomic E-state index is -0.618. The fourth-order valence-electron chi connectivity index (χ4n) is 2.75. The summed E-state index contributed by atoms with van der Waals surface area (Å²) in [4.78, 5) is 24.8. The molecule has 0 aromatic heterocycles. The highest BCUT2D eigenvalue weighted by atomic mass is 19.1. The molecule has 2 aliphatic rings. The van der Waals surface area contributed by atoms with Crippen molar-refractivity contribution >= 4 is 17.5 Å². The van der Waals surface area contributed by atoms with Crippen LogP contribution in [0.3, 0.4) is 0 Å². The van der Waals surface area contributed by atoms with Gasteiger partial charge in [0.2, 0.25) is 0 Å². The Hall–Kier alpha value is -2.45. The summed E-state index contributed by atoms with van der Waals surface area (Å²) in [5.74, 6) is -1.55. The third kappa shape index (κ3) is 3.80. The number of carbonyl (C=O) groups excluding carboxylic acids is 2. The number of benzene rings is 1. The molecular formula is C17H19FN2O5. The van der Waals surface area contributed by atoms with Crippen molar-refractivity contribution in [2.75, 3.05) is 31.7 Å². The minimum absolute atomic E-state index is 0.0151. The first kappa shape index (κ1) is 17.4. The third-order valence-corrected chi connectivity index (χ3v) is 4.02. The highest BCUT2D eigenvalue weighted by molar-refractivity contribution is 6.17. The van der Waals surface area contributed by atoms with Crippen LogP contribution in [0.2, 0.25) is 0 Å². The molecule has 134 valence electrons. The molecule has 0 saturated carbocycles. The van der Waals surface area contributed by atoms with Crippen LogP contribution in [0.15, 0.2) is 30.0 Å². The van der Waals surface area contributed by atoms with E-state index in [0.717, 1.165) is 23.8 Å². The number of para-hydroxylation sites is 1. The van der Waals surface area contributed by atoms with Crippen LogP contribution in [0.1, 0.15) is 12.8 Å². The van der Waals surface area contributed by atoms with Crippen molar-refractivity contribution in [3.05, 3.63) is 35.8 Å². The van der Waals surface area contributed by atoms with Gasteiger partial charge in [-0.05, 0) is 25.0 Å². The molecule has 2 heterocycles. The van der Waals surface area contributed by atoms with Crippen molar-refractivity contribution in [3.63, 3.8) is 0 Å². The first-order valence-electron chi connectivity index (χ1n) is 8.08. The standard InChI is InChI=1S/C17H19FN2O5/c18-12-4-1-5-14(25-10-11-3-2-8-24-11)16(12)19-13-9-15(22)20(6-7-21)17(13)23/h1,4-5,9,11,19,21H,2-3,6-8,10H2. The molecule has 2 N–H and O–H groups in total. The number of hydrogen-bond acceptors (Lipinski definition) is 6. The van der Waals surface area contributed by atoms with Gasteiger partial charge in [0.25, 0.3) is 11.8 Å². The van der Waals surface area contributed by atoms with E-state index in [4.69, 9.17) is 14.6 Å². The number of aliphatic hydroxyl groups excluding tert-OH is 1. The molecule has 0 spiro atoms. The van der Waals surface area contributed by atoms with Gasteiger partial charge in [0, 0.05) is 12.7 Å². The molecule has 3 rings (SSSR count). The zero-order valence-electron chi connectivity index (χ0n) is 13.5. The summed E-state index contributed by atoms with van der Waals surface area (Å²) in [5, 5.41) is 11.6. The molecule has 1 atom stereocenters. The van der Waals surface area contributed by atoms with Crippen LogP contribution in [0.4, 0.5) is 10.1 Å². The highest BCUT2D eigenvalue weighted by Crippen LogP contribution is 2.30. The Bertz CT molecular complexity index is 700. The summed E-state index contributed by atoms with van der Waals surface area (Å²) >= 11 is 0. The van der Waals surface area contributed by atoms with Gasteiger partial charge in [-0.3, -0.25) is 14.5 Å². The molecule has 1 saturated heterocycles. The quantitative estimate of drug-likeness (QED) is 0.715. The van der Waals surface area contributed by atoms with Crippen LogP contribution >= 0.6 is 0 Å². The number of carbonyl (C=O) groups is 2. The Morgan fingerprint density at radius 2 is 2.24 bits per heavy atom. The lowest BCUT2D eigenvalue weighted by Gasteiger charge is -2.17. The zero-order valence-corrected chi connectivity index (χ0v) is 13.5. The molecule has 2 amide bonds.